The fourth-order valence-electron chi connectivity index (χ4n) is 2.27. The summed E-state index contributed by atoms with van der Waals surface area (Å²) in [5.41, 5.74) is 1.32. The lowest BCUT2D eigenvalue weighted by Gasteiger charge is -2.05. The number of allylic oxidation sites excluding steroid dienone is 1. The van der Waals surface area contributed by atoms with E-state index in [1.807, 2.05) is 0 Å². The van der Waals surface area contributed by atoms with Gasteiger partial charge in [-0.15, -0.1) is 12.6 Å². The number of rotatable bonds is 1. The molecule has 0 N–H and O–H groups in total. The van der Waals surface area contributed by atoms with Crippen molar-refractivity contribution in [3.63, 3.8) is 0 Å². The van der Waals surface area contributed by atoms with Gasteiger partial charge in [0.15, 0.2) is 0 Å². The summed E-state index contributed by atoms with van der Waals surface area (Å²) in [6.07, 6.45) is 17.1. The molecule has 0 fully saturated rings. The minimum absolute atomic E-state index is 0.815. The molecule has 1 aliphatic rings. The van der Waals surface area contributed by atoms with Gasteiger partial charge in [0.1, 0.15) is 0 Å². The van der Waals surface area contributed by atoms with Crippen LogP contribution in [0.3, 0.4) is 0 Å². The topological polar surface area (TPSA) is 0 Å². The summed E-state index contributed by atoms with van der Waals surface area (Å²) >= 11 is 9.50. The first-order valence-electron chi connectivity index (χ1n) is 6.73. The molecule has 0 bridgehead atoms. The van der Waals surface area contributed by atoms with Gasteiger partial charge < -0.3 is 0 Å². The molecule has 1 aliphatic carbocycles. The maximum atomic E-state index is 5.18. The summed E-state index contributed by atoms with van der Waals surface area (Å²) in [6.45, 7) is 0. The fourth-order valence-corrected chi connectivity index (χ4v) is 2.66. The van der Waals surface area contributed by atoms with Crippen molar-refractivity contribution in [1.29, 1.82) is 0 Å². The van der Waals surface area contributed by atoms with Crippen LogP contribution in [-0.2, 0) is 0 Å². The summed E-state index contributed by atoms with van der Waals surface area (Å²) in [4.78, 5) is 0. The van der Waals surface area contributed by atoms with E-state index >= 15 is 0 Å². The zero-order chi connectivity index (χ0) is 11.6. The van der Waals surface area contributed by atoms with Crippen LogP contribution >= 0.6 is 24.8 Å². The van der Waals surface area contributed by atoms with Crippen molar-refractivity contribution in [1.82, 2.24) is 0 Å². The van der Waals surface area contributed by atoms with Gasteiger partial charge in [-0.2, -0.15) is 0 Å². The molecule has 0 nitrogen and oxygen atoms in total. The predicted molar refractivity (Wildman–Crippen MR) is 80.5 cm³/mol. The Morgan fingerprint density at radius 2 is 1.38 bits per heavy atom. The SMILES string of the molecule is S=C(S)/C1=C/CCCCCCCCCCC1. The summed E-state index contributed by atoms with van der Waals surface area (Å²) in [5.74, 6) is 0. The highest BCUT2D eigenvalue weighted by Gasteiger charge is 2.02. The average molecular weight is 256 g/mol. The molecule has 0 atom stereocenters. The number of thiol groups is 1. The van der Waals surface area contributed by atoms with E-state index in [2.05, 4.69) is 18.7 Å². The van der Waals surface area contributed by atoms with Gasteiger partial charge >= 0.3 is 0 Å². The van der Waals surface area contributed by atoms with Gasteiger partial charge in [0, 0.05) is 0 Å². The second-order valence-electron chi connectivity index (χ2n) is 4.76. The molecule has 92 valence electrons. The van der Waals surface area contributed by atoms with Gasteiger partial charge in [0.25, 0.3) is 0 Å². The average Bonchev–Trinajstić information content (AvgIpc) is 2.28. The van der Waals surface area contributed by atoms with Gasteiger partial charge in [0.05, 0.1) is 4.20 Å². The lowest BCUT2D eigenvalue weighted by molar-refractivity contribution is 0.564. The Kier molecular flexibility index (Phi) is 8.22. The number of thiocarbonyl (C=S) groups is 1. The first kappa shape index (κ1) is 14.2. The van der Waals surface area contributed by atoms with Gasteiger partial charge in [-0.3, -0.25) is 0 Å². The summed E-state index contributed by atoms with van der Waals surface area (Å²) in [6, 6.07) is 0. The number of hydrogen-bond donors (Lipinski definition) is 1. The van der Waals surface area contributed by atoms with Crippen molar-refractivity contribution in [2.24, 2.45) is 0 Å². The van der Waals surface area contributed by atoms with Crippen molar-refractivity contribution in [2.45, 2.75) is 70.6 Å². The van der Waals surface area contributed by atoms with E-state index in [4.69, 9.17) is 12.2 Å². The van der Waals surface area contributed by atoms with Crippen LogP contribution in [0.2, 0.25) is 0 Å². The minimum atomic E-state index is 0.815. The van der Waals surface area contributed by atoms with Gasteiger partial charge in [-0.25, -0.2) is 0 Å². The Labute approximate surface area is 111 Å². The minimum Gasteiger partial charge on any atom is -0.132 e. The van der Waals surface area contributed by atoms with Crippen molar-refractivity contribution in [3.05, 3.63) is 11.6 Å². The van der Waals surface area contributed by atoms with Gasteiger partial charge in [0.2, 0.25) is 0 Å². The highest BCUT2D eigenvalue weighted by molar-refractivity contribution is 8.11. The van der Waals surface area contributed by atoms with E-state index in [-0.39, 0.29) is 0 Å². The lowest BCUT2D eigenvalue weighted by atomic mass is 10.1. The second kappa shape index (κ2) is 9.23. The lowest BCUT2D eigenvalue weighted by Crippen LogP contribution is -1.92. The van der Waals surface area contributed by atoms with Crippen LogP contribution in [0.5, 0.6) is 0 Å². The molecule has 0 unspecified atom stereocenters. The molecule has 0 spiro atoms. The van der Waals surface area contributed by atoms with Crippen LogP contribution in [0.1, 0.15) is 70.6 Å². The Morgan fingerprint density at radius 1 is 0.875 bits per heavy atom. The fraction of sp³-hybridized carbons (Fsp3) is 0.786. The molecule has 1 rings (SSSR count). The third-order valence-corrected chi connectivity index (χ3v) is 3.87. The Hall–Kier alpha value is 0.180. The zero-order valence-electron chi connectivity index (χ0n) is 10.2. The molecule has 0 saturated carbocycles. The molecule has 16 heavy (non-hydrogen) atoms. The van der Waals surface area contributed by atoms with Crippen LogP contribution in [-0.4, -0.2) is 4.20 Å². The molecular weight excluding hydrogens is 232 g/mol. The highest BCUT2D eigenvalue weighted by Crippen LogP contribution is 2.18. The first-order valence-corrected chi connectivity index (χ1v) is 7.58. The molecular formula is C14H24S2. The van der Waals surface area contributed by atoms with Gasteiger partial charge in [-0.05, 0) is 31.3 Å². The third kappa shape index (κ3) is 6.70. The number of hydrogen-bond acceptors (Lipinski definition) is 1. The van der Waals surface area contributed by atoms with Crippen molar-refractivity contribution in [3.8, 4) is 0 Å². The monoisotopic (exact) mass is 256 g/mol. The smallest absolute Gasteiger partial charge is 0.0704 e. The van der Waals surface area contributed by atoms with E-state index in [1.165, 1.54) is 69.8 Å². The summed E-state index contributed by atoms with van der Waals surface area (Å²) < 4.78 is 0.815. The molecule has 0 radical (unpaired) electrons. The van der Waals surface area contributed by atoms with Crippen molar-refractivity contribution >= 4 is 29.0 Å². The summed E-state index contributed by atoms with van der Waals surface area (Å²) in [7, 11) is 0. The summed E-state index contributed by atoms with van der Waals surface area (Å²) in [5, 5.41) is 0. The van der Waals surface area contributed by atoms with E-state index in [0.717, 1.165) is 10.6 Å². The molecule has 0 heterocycles. The van der Waals surface area contributed by atoms with E-state index < -0.39 is 0 Å². The van der Waals surface area contributed by atoms with Crippen molar-refractivity contribution < 1.29 is 0 Å². The van der Waals surface area contributed by atoms with Crippen LogP contribution in [0.25, 0.3) is 0 Å². The maximum Gasteiger partial charge on any atom is 0.0704 e. The van der Waals surface area contributed by atoms with Crippen LogP contribution < -0.4 is 0 Å². The van der Waals surface area contributed by atoms with Crippen molar-refractivity contribution in [2.75, 3.05) is 0 Å². The Balaban J connectivity index is 2.40. The molecule has 0 aliphatic heterocycles. The van der Waals surface area contributed by atoms with Crippen LogP contribution in [0, 0.1) is 0 Å². The Morgan fingerprint density at radius 3 is 1.94 bits per heavy atom. The predicted octanol–water partition coefficient (Wildman–Crippen LogP) is 5.47. The Bertz CT molecular complexity index is 231. The molecule has 0 aromatic carbocycles. The van der Waals surface area contributed by atoms with E-state index in [9.17, 15) is 0 Å². The largest absolute Gasteiger partial charge is 0.132 e. The molecule has 2 heteroatoms. The van der Waals surface area contributed by atoms with E-state index in [0.29, 0.717) is 0 Å². The second-order valence-corrected chi connectivity index (χ2v) is 5.91. The van der Waals surface area contributed by atoms with E-state index in [1.54, 1.807) is 0 Å². The van der Waals surface area contributed by atoms with Crippen LogP contribution in [0.15, 0.2) is 11.6 Å². The quantitative estimate of drug-likeness (QED) is 0.479. The standard InChI is InChI=1S/C14H24S2/c15-14(16)13-11-9-7-5-3-1-2-4-6-8-10-12-13/h11H,1-10,12H2,(H,15,16)/b13-11+. The van der Waals surface area contributed by atoms with Crippen LogP contribution in [0.4, 0.5) is 0 Å². The molecule has 0 aromatic heterocycles. The van der Waals surface area contributed by atoms with Gasteiger partial charge in [-0.1, -0.05) is 63.2 Å². The molecule has 0 amide bonds. The molecule has 0 saturated heterocycles. The molecule has 0 aromatic rings. The first-order chi connectivity index (χ1) is 7.80. The highest BCUT2D eigenvalue weighted by atomic mass is 32.1. The maximum absolute atomic E-state index is 5.18. The zero-order valence-corrected chi connectivity index (χ0v) is 11.9. The third-order valence-electron chi connectivity index (χ3n) is 3.32. The normalized spacial score (nSPS) is 24.4.